The summed E-state index contributed by atoms with van der Waals surface area (Å²) in [6, 6.07) is 26.0. The van der Waals surface area contributed by atoms with Crippen LogP contribution < -0.4 is 9.47 Å². The molecule has 5 nitrogen and oxygen atoms in total. The van der Waals surface area contributed by atoms with E-state index in [9.17, 15) is 9.90 Å². The molecular weight excluding hydrogens is 452 g/mol. The molecule has 0 saturated heterocycles. The number of carbonyl (C=O) groups excluding carboxylic acids is 1. The fourth-order valence-corrected chi connectivity index (χ4v) is 4.76. The van der Waals surface area contributed by atoms with E-state index in [-0.39, 0.29) is 6.79 Å². The zero-order valence-electron chi connectivity index (χ0n) is 18.0. The normalized spacial score (nSPS) is 19.1. The third kappa shape index (κ3) is 3.33. The Labute approximate surface area is 200 Å². The number of aliphatic hydroxyl groups is 1. The molecule has 0 aromatic heterocycles. The summed E-state index contributed by atoms with van der Waals surface area (Å²) < 4.78 is 16.6. The molecule has 2 aliphatic heterocycles. The summed E-state index contributed by atoms with van der Waals surface area (Å²) in [5, 5.41) is 14.5. The first-order valence-electron chi connectivity index (χ1n) is 10.8. The number of carbonyl (C=O) groups is 1. The van der Waals surface area contributed by atoms with Crippen molar-refractivity contribution in [3.05, 3.63) is 112 Å². The number of ether oxygens (including phenoxy) is 3. The molecule has 0 amide bonds. The van der Waals surface area contributed by atoms with Crippen molar-refractivity contribution in [3.63, 3.8) is 0 Å². The Morgan fingerprint density at radius 3 is 2.50 bits per heavy atom. The number of rotatable bonds is 4. The molecular formula is C28H19ClO5. The van der Waals surface area contributed by atoms with Crippen molar-refractivity contribution < 1.29 is 24.1 Å². The minimum atomic E-state index is -1.94. The highest BCUT2D eigenvalue weighted by molar-refractivity contribution is 6.30. The summed E-state index contributed by atoms with van der Waals surface area (Å²) in [7, 11) is 0. The van der Waals surface area contributed by atoms with Gasteiger partial charge in [-0.2, -0.15) is 0 Å². The Morgan fingerprint density at radius 1 is 0.882 bits per heavy atom. The molecule has 1 atom stereocenters. The Kier molecular flexibility index (Phi) is 4.83. The summed E-state index contributed by atoms with van der Waals surface area (Å²) in [5.74, 6) is -1.39. The number of cyclic esters (lactones) is 1. The lowest BCUT2D eigenvalue weighted by atomic mass is 9.87. The van der Waals surface area contributed by atoms with Gasteiger partial charge in [-0.25, -0.2) is 4.79 Å². The average molecular weight is 471 g/mol. The first-order valence-corrected chi connectivity index (χ1v) is 11.2. The van der Waals surface area contributed by atoms with Crippen LogP contribution in [0.3, 0.4) is 0 Å². The van der Waals surface area contributed by atoms with E-state index in [1.54, 1.807) is 42.5 Å². The van der Waals surface area contributed by atoms with Crippen LogP contribution in [0.4, 0.5) is 0 Å². The van der Waals surface area contributed by atoms with Crippen LogP contribution in [0.15, 0.2) is 90.5 Å². The minimum Gasteiger partial charge on any atom is -0.454 e. The first kappa shape index (κ1) is 20.8. The molecule has 6 heteroatoms. The van der Waals surface area contributed by atoms with Gasteiger partial charge in [0.05, 0.1) is 5.57 Å². The number of hydrogen-bond acceptors (Lipinski definition) is 5. The Bertz CT molecular complexity index is 1470. The lowest BCUT2D eigenvalue weighted by Crippen LogP contribution is -2.29. The highest BCUT2D eigenvalue weighted by Gasteiger charge is 2.48. The van der Waals surface area contributed by atoms with E-state index in [1.165, 1.54) is 0 Å². The molecule has 34 heavy (non-hydrogen) atoms. The number of benzene rings is 4. The van der Waals surface area contributed by atoms with Gasteiger partial charge in [0.2, 0.25) is 6.79 Å². The van der Waals surface area contributed by atoms with Crippen LogP contribution >= 0.6 is 11.6 Å². The highest BCUT2D eigenvalue weighted by atomic mass is 35.5. The second-order valence-electron chi connectivity index (χ2n) is 8.28. The van der Waals surface area contributed by atoms with Gasteiger partial charge in [-0.1, -0.05) is 72.3 Å². The standard InChI is InChI=1S/C28H19ClO5/c29-21-11-9-20(10-12-21)28(31)23(14-18-6-3-5-17-4-1-2-7-22(17)18)26(27(30)34-28)19-8-13-24-25(15-19)33-16-32-24/h1-13,15,31H,14,16H2. The van der Waals surface area contributed by atoms with Crippen molar-refractivity contribution in [3.8, 4) is 11.5 Å². The number of halogens is 1. The molecule has 0 spiro atoms. The maximum absolute atomic E-state index is 13.3. The molecule has 0 fully saturated rings. The molecule has 168 valence electrons. The van der Waals surface area contributed by atoms with Gasteiger partial charge in [0, 0.05) is 22.6 Å². The molecule has 0 aliphatic carbocycles. The molecule has 2 heterocycles. The smallest absolute Gasteiger partial charge is 0.342 e. The second kappa shape index (κ2) is 7.90. The lowest BCUT2D eigenvalue weighted by Gasteiger charge is -2.26. The van der Waals surface area contributed by atoms with Crippen molar-refractivity contribution >= 4 is 33.9 Å². The van der Waals surface area contributed by atoms with E-state index < -0.39 is 11.8 Å². The van der Waals surface area contributed by atoms with Crippen molar-refractivity contribution in [1.29, 1.82) is 0 Å². The van der Waals surface area contributed by atoms with Crippen LogP contribution in [-0.4, -0.2) is 17.9 Å². The van der Waals surface area contributed by atoms with Crippen molar-refractivity contribution in [1.82, 2.24) is 0 Å². The number of esters is 1. The quantitative estimate of drug-likeness (QED) is 0.392. The van der Waals surface area contributed by atoms with E-state index in [4.69, 9.17) is 25.8 Å². The van der Waals surface area contributed by atoms with Crippen LogP contribution in [0.1, 0.15) is 16.7 Å². The van der Waals surface area contributed by atoms with Crippen LogP contribution in [0.5, 0.6) is 11.5 Å². The Balaban J connectivity index is 1.56. The molecule has 0 saturated carbocycles. The molecule has 4 aromatic rings. The number of hydrogen-bond donors (Lipinski definition) is 1. The zero-order valence-corrected chi connectivity index (χ0v) is 18.7. The summed E-state index contributed by atoms with van der Waals surface area (Å²) in [6.07, 6.45) is 0.302. The van der Waals surface area contributed by atoms with E-state index in [0.29, 0.717) is 45.2 Å². The van der Waals surface area contributed by atoms with Gasteiger partial charge in [0.25, 0.3) is 5.79 Å². The summed E-state index contributed by atoms with van der Waals surface area (Å²) in [5.41, 5.74) is 2.75. The summed E-state index contributed by atoms with van der Waals surface area (Å²) >= 11 is 6.08. The van der Waals surface area contributed by atoms with Gasteiger partial charge >= 0.3 is 5.97 Å². The van der Waals surface area contributed by atoms with Crippen LogP contribution in [-0.2, 0) is 21.7 Å². The third-order valence-electron chi connectivity index (χ3n) is 6.30. The maximum atomic E-state index is 13.3. The SMILES string of the molecule is O=C1OC(O)(c2ccc(Cl)cc2)C(Cc2cccc3ccccc23)=C1c1ccc2c(c1)OCO2. The number of fused-ring (bicyclic) bond motifs is 2. The summed E-state index contributed by atoms with van der Waals surface area (Å²) in [4.78, 5) is 13.3. The predicted molar refractivity (Wildman–Crippen MR) is 129 cm³/mol. The lowest BCUT2D eigenvalue weighted by molar-refractivity contribution is -0.185. The summed E-state index contributed by atoms with van der Waals surface area (Å²) in [6.45, 7) is 0.125. The van der Waals surface area contributed by atoms with Gasteiger partial charge in [-0.15, -0.1) is 0 Å². The molecule has 2 aliphatic rings. The molecule has 0 radical (unpaired) electrons. The fourth-order valence-electron chi connectivity index (χ4n) is 4.64. The predicted octanol–water partition coefficient (Wildman–Crippen LogP) is 5.62. The second-order valence-corrected chi connectivity index (χ2v) is 8.71. The van der Waals surface area contributed by atoms with Gasteiger partial charge < -0.3 is 19.3 Å². The molecule has 4 aromatic carbocycles. The van der Waals surface area contributed by atoms with Gasteiger partial charge in [-0.05, 0) is 46.2 Å². The highest BCUT2D eigenvalue weighted by Crippen LogP contribution is 2.46. The topological polar surface area (TPSA) is 65.0 Å². The van der Waals surface area contributed by atoms with Gasteiger partial charge in [-0.3, -0.25) is 0 Å². The van der Waals surface area contributed by atoms with Crippen LogP contribution in [0.25, 0.3) is 16.3 Å². The van der Waals surface area contributed by atoms with Crippen LogP contribution in [0, 0.1) is 0 Å². The van der Waals surface area contributed by atoms with Crippen LogP contribution in [0.2, 0.25) is 5.02 Å². The zero-order chi connectivity index (χ0) is 23.3. The van der Waals surface area contributed by atoms with Gasteiger partial charge in [0.1, 0.15) is 0 Å². The van der Waals surface area contributed by atoms with Crippen molar-refractivity contribution in [2.45, 2.75) is 12.2 Å². The minimum absolute atomic E-state index is 0.125. The van der Waals surface area contributed by atoms with E-state index in [0.717, 1.165) is 16.3 Å². The van der Waals surface area contributed by atoms with Crippen molar-refractivity contribution in [2.75, 3.05) is 6.79 Å². The first-order chi connectivity index (χ1) is 16.5. The van der Waals surface area contributed by atoms with Crippen molar-refractivity contribution in [2.24, 2.45) is 0 Å². The third-order valence-corrected chi connectivity index (χ3v) is 6.55. The Morgan fingerprint density at radius 2 is 1.65 bits per heavy atom. The van der Waals surface area contributed by atoms with E-state index in [2.05, 4.69) is 0 Å². The Hall–Kier alpha value is -3.80. The largest absolute Gasteiger partial charge is 0.454 e. The fraction of sp³-hybridized carbons (Fsp3) is 0.107. The average Bonchev–Trinajstić information content (AvgIpc) is 3.41. The maximum Gasteiger partial charge on any atom is 0.342 e. The van der Waals surface area contributed by atoms with E-state index >= 15 is 0 Å². The molecule has 6 rings (SSSR count). The molecule has 0 bridgehead atoms. The molecule has 1 unspecified atom stereocenters. The monoisotopic (exact) mass is 470 g/mol. The van der Waals surface area contributed by atoms with Gasteiger partial charge in [0.15, 0.2) is 11.5 Å². The van der Waals surface area contributed by atoms with E-state index in [1.807, 2.05) is 42.5 Å². The molecule has 1 N–H and O–H groups in total.